The number of hydrogen-bond donors (Lipinski definition) is 3. The summed E-state index contributed by atoms with van der Waals surface area (Å²) in [5.74, 6) is 0.904. The highest BCUT2D eigenvalue weighted by atomic mass is 19.1. The van der Waals surface area contributed by atoms with E-state index in [-0.39, 0.29) is 5.82 Å². The molecule has 1 aliphatic rings. The molecule has 29 heavy (non-hydrogen) atoms. The summed E-state index contributed by atoms with van der Waals surface area (Å²) >= 11 is 0. The Labute approximate surface area is 172 Å². The summed E-state index contributed by atoms with van der Waals surface area (Å²) in [6.07, 6.45) is 2.09. The molecule has 1 saturated heterocycles. The second-order valence-electron chi connectivity index (χ2n) is 7.42. The van der Waals surface area contributed by atoms with E-state index in [1.54, 1.807) is 12.1 Å². The summed E-state index contributed by atoms with van der Waals surface area (Å²) in [5.41, 5.74) is 2.97. The molecule has 0 bridgehead atoms. The number of benzene rings is 2. The van der Waals surface area contributed by atoms with Gasteiger partial charge in [0.05, 0.1) is 6.54 Å². The van der Waals surface area contributed by atoms with Crippen molar-refractivity contribution in [1.29, 1.82) is 0 Å². The van der Waals surface area contributed by atoms with Gasteiger partial charge >= 0.3 is 0 Å². The molecular formula is C23H31FN4O. The molecule has 3 rings (SSSR count). The fraction of sp³-hybridized carbons (Fsp3) is 0.435. The van der Waals surface area contributed by atoms with Crippen LogP contribution in [0.2, 0.25) is 0 Å². The molecule has 0 unspecified atom stereocenters. The van der Waals surface area contributed by atoms with Crippen LogP contribution in [0.15, 0.2) is 53.5 Å². The first-order valence-corrected chi connectivity index (χ1v) is 10.4. The van der Waals surface area contributed by atoms with Crippen LogP contribution in [0.3, 0.4) is 0 Å². The van der Waals surface area contributed by atoms with Gasteiger partial charge < -0.3 is 20.6 Å². The van der Waals surface area contributed by atoms with E-state index in [0.717, 1.165) is 38.0 Å². The SMILES string of the molecule is CCNC(=NCc1ccc(N2CCC(CO)CC2)cc1)NCc1ccccc1F. The van der Waals surface area contributed by atoms with Crippen LogP contribution in [0.5, 0.6) is 0 Å². The molecule has 156 valence electrons. The summed E-state index contributed by atoms with van der Waals surface area (Å²) in [6.45, 7) is 5.98. The Morgan fingerprint density at radius 3 is 2.48 bits per heavy atom. The molecule has 1 fully saturated rings. The number of hydrogen-bond acceptors (Lipinski definition) is 3. The predicted octanol–water partition coefficient (Wildman–Crippen LogP) is 3.29. The largest absolute Gasteiger partial charge is 0.396 e. The zero-order valence-electron chi connectivity index (χ0n) is 17.1. The lowest BCUT2D eigenvalue weighted by Gasteiger charge is -2.32. The monoisotopic (exact) mass is 398 g/mol. The maximum Gasteiger partial charge on any atom is 0.191 e. The van der Waals surface area contributed by atoms with Gasteiger partial charge in [-0.25, -0.2) is 9.38 Å². The first kappa shape index (κ1) is 21.1. The van der Waals surface area contributed by atoms with Gasteiger partial charge in [0.2, 0.25) is 0 Å². The molecule has 0 saturated carbocycles. The van der Waals surface area contributed by atoms with Crippen molar-refractivity contribution in [3.05, 3.63) is 65.5 Å². The van der Waals surface area contributed by atoms with E-state index in [4.69, 9.17) is 0 Å². The van der Waals surface area contributed by atoms with E-state index in [9.17, 15) is 9.50 Å². The molecule has 0 aliphatic carbocycles. The van der Waals surface area contributed by atoms with E-state index in [2.05, 4.69) is 44.8 Å². The molecule has 1 aliphatic heterocycles. The van der Waals surface area contributed by atoms with Crippen LogP contribution in [-0.2, 0) is 13.1 Å². The van der Waals surface area contributed by atoms with Crippen molar-refractivity contribution in [2.75, 3.05) is 31.1 Å². The lowest BCUT2D eigenvalue weighted by Crippen LogP contribution is -2.37. The standard InChI is InChI=1S/C23H31FN4O/c1-2-25-23(27-16-20-5-3-4-6-22(20)24)26-15-18-7-9-21(10-8-18)28-13-11-19(17-29)12-14-28/h3-10,19,29H,2,11-17H2,1H3,(H2,25,26,27). The molecule has 0 radical (unpaired) electrons. The van der Waals surface area contributed by atoms with Gasteiger partial charge in [-0.1, -0.05) is 30.3 Å². The van der Waals surface area contributed by atoms with Gasteiger partial charge in [-0.2, -0.15) is 0 Å². The number of rotatable bonds is 7. The number of nitrogens with one attached hydrogen (secondary N) is 2. The minimum atomic E-state index is -0.213. The van der Waals surface area contributed by atoms with E-state index < -0.39 is 0 Å². The fourth-order valence-corrected chi connectivity index (χ4v) is 3.52. The van der Waals surface area contributed by atoms with Gasteiger partial charge in [-0.3, -0.25) is 0 Å². The lowest BCUT2D eigenvalue weighted by atomic mass is 9.97. The van der Waals surface area contributed by atoms with Crippen molar-refractivity contribution in [2.24, 2.45) is 10.9 Å². The molecule has 6 heteroatoms. The summed E-state index contributed by atoms with van der Waals surface area (Å²) in [5, 5.41) is 15.7. The Balaban J connectivity index is 1.55. The van der Waals surface area contributed by atoms with Crippen molar-refractivity contribution in [2.45, 2.75) is 32.9 Å². The Bertz CT molecular complexity index is 786. The first-order chi connectivity index (χ1) is 14.2. The second kappa shape index (κ2) is 10.8. The molecule has 0 aromatic heterocycles. The van der Waals surface area contributed by atoms with Crippen LogP contribution < -0.4 is 15.5 Å². The Kier molecular flexibility index (Phi) is 7.87. The number of aliphatic hydroxyl groups is 1. The van der Waals surface area contributed by atoms with Crippen molar-refractivity contribution < 1.29 is 9.50 Å². The minimum Gasteiger partial charge on any atom is -0.396 e. The van der Waals surface area contributed by atoms with Gasteiger partial charge in [0.1, 0.15) is 5.82 Å². The van der Waals surface area contributed by atoms with Crippen LogP contribution in [0.4, 0.5) is 10.1 Å². The normalized spacial score (nSPS) is 15.4. The molecule has 0 amide bonds. The average Bonchev–Trinajstić information content (AvgIpc) is 2.77. The van der Waals surface area contributed by atoms with Crippen molar-refractivity contribution in [3.8, 4) is 0 Å². The zero-order chi connectivity index (χ0) is 20.5. The number of halogens is 1. The smallest absolute Gasteiger partial charge is 0.191 e. The van der Waals surface area contributed by atoms with E-state index in [1.807, 2.05) is 13.0 Å². The maximum atomic E-state index is 13.8. The summed E-state index contributed by atoms with van der Waals surface area (Å²) < 4.78 is 13.8. The third-order valence-corrected chi connectivity index (χ3v) is 5.34. The van der Waals surface area contributed by atoms with Gasteiger partial charge in [0, 0.05) is 44.0 Å². The third-order valence-electron chi connectivity index (χ3n) is 5.34. The van der Waals surface area contributed by atoms with E-state index in [0.29, 0.717) is 37.1 Å². The zero-order valence-corrected chi connectivity index (χ0v) is 17.1. The molecule has 2 aromatic rings. The predicted molar refractivity (Wildman–Crippen MR) is 117 cm³/mol. The average molecular weight is 399 g/mol. The lowest BCUT2D eigenvalue weighted by molar-refractivity contribution is 0.203. The minimum absolute atomic E-state index is 0.213. The molecule has 3 N–H and O–H groups in total. The first-order valence-electron chi connectivity index (χ1n) is 10.4. The Hall–Kier alpha value is -2.60. The summed E-state index contributed by atoms with van der Waals surface area (Å²) in [7, 11) is 0. The number of piperidine rings is 1. The van der Waals surface area contributed by atoms with Crippen LogP contribution in [0.25, 0.3) is 0 Å². The van der Waals surface area contributed by atoms with Gasteiger partial charge in [-0.05, 0) is 49.4 Å². The second-order valence-corrected chi connectivity index (χ2v) is 7.42. The molecular weight excluding hydrogens is 367 g/mol. The Morgan fingerprint density at radius 1 is 1.10 bits per heavy atom. The molecule has 0 atom stereocenters. The summed E-state index contributed by atoms with van der Waals surface area (Å²) in [4.78, 5) is 7.00. The van der Waals surface area contributed by atoms with Gasteiger partial charge in [0.15, 0.2) is 5.96 Å². The van der Waals surface area contributed by atoms with Gasteiger partial charge in [-0.15, -0.1) is 0 Å². The molecule has 5 nitrogen and oxygen atoms in total. The van der Waals surface area contributed by atoms with Crippen LogP contribution in [0.1, 0.15) is 30.9 Å². The Morgan fingerprint density at radius 2 is 1.83 bits per heavy atom. The van der Waals surface area contributed by atoms with E-state index >= 15 is 0 Å². The summed E-state index contributed by atoms with van der Waals surface area (Å²) in [6, 6.07) is 15.3. The maximum absolute atomic E-state index is 13.8. The highest BCUT2D eigenvalue weighted by Crippen LogP contribution is 2.23. The number of guanidine groups is 1. The van der Waals surface area contributed by atoms with Crippen LogP contribution in [0, 0.1) is 11.7 Å². The van der Waals surface area contributed by atoms with Crippen LogP contribution >= 0.6 is 0 Å². The number of nitrogens with zero attached hydrogens (tertiary/aromatic N) is 2. The van der Waals surface area contributed by atoms with E-state index in [1.165, 1.54) is 11.8 Å². The van der Waals surface area contributed by atoms with Gasteiger partial charge in [0.25, 0.3) is 0 Å². The molecule has 2 aromatic carbocycles. The number of aliphatic hydroxyl groups excluding tert-OH is 1. The molecule has 1 heterocycles. The number of aliphatic imine (C=N–C) groups is 1. The van der Waals surface area contributed by atoms with Crippen molar-refractivity contribution >= 4 is 11.6 Å². The highest BCUT2D eigenvalue weighted by molar-refractivity contribution is 5.79. The van der Waals surface area contributed by atoms with Crippen molar-refractivity contribution in [3.63, 3.8) is 0 Å². The quantitative estimate of drug-likeness (QED) is 0.495. The molecule has 0 spiro atoms. The highest BCUT2D eigenvalue weighted by Gasteiger charge is 2.18. The topological polar surface area (TPSA) is 59.9 Å². The fourth-order valence-electron chi connectivity index (χ4n) is 3.52. The van der Waals surface area contributed by atoms with Crippen LogP contribution in [-0.4, -0.2) is 37.3 Å². The van der Waals surface area contributed by atoms with Crippen molar-refractivity contribution in [1.82, 2.24) is 10.6 Å². The number of anilines is 1. The third kappa shape index (κ3) is 6.19.